The van der Waals surface area contributed by atoms with Gasteiger partial charge in [0.2, 0.25) is 10.0 Å². The second-order valence-corrected chi connectivity index (χ2v) is 7.26. The monoisotopic (exact) mass is 319 g/mol. The number of rotatable bonds is 3. The van der Waals surface area contributed by atoms with Gasteiger partial charge in [-0.25, -0.2) is 22.0 Å². The van der Waals surface area contributed by atoms with Crippen LogP contribution in [-0.4, -0.2) is 36.9 Å². The molecule has 0 aromatic heterocycles. The van der Waals surface area contributed by atoms with Gasteiger partial charge in [-0.1, -0.05) is 13.8 Å². The molecule has 0 spiro atoms. The summed E-state index contributed by atoms with van der Waals surface area (Å²) in [5.41, 5.74) is -0.604. The molecular weight excluding hydrogens is 304 g/mol. The molecule has 2 atom stereocenters. The van der Waals surface area contributed by atoms with E-state index in [0.717, 1.165) is 4.31 Å². The minimum Gasteiger partial charge on any atom is -0.478 e. The molecule has 0 bridgehead atoms. The molecule has 1 fully saturated rings. The molecule has 0 radical (unpaired) electrons. The van der Waals surface area contributed by atoms with Crippen molar-refractivity contribution in [1.82, 2.24) is 4.31 Å². The van der Waals surface area contributed by atoms with Crippen LogP contribution in [-0.2, 0) is 10.0 Å². The first-order valence-electron chi connectivity index (χ1n) is 6.37. The maximum absolute atomic E-state index is 13.8. The van der Waals surface area contributed by atoms with Gasteiger partial charge in [-0.15, -0.1) is 0 Å². The SMILES string of the molecule is CC1CN(S(=O)(=O)c2cc(C(=O)O)cc(F)c2F)CC1C. The second-order valence-electron chi connectivity index (χ2n) is 5.35. The Kier molecular flexibility index (Phi) is 4.03. The lowest BCUT2D eigenvalue weighted by molar-refractivity contribution is 0.0696. The van der Waals surface area contributed by atoms with Gasteiger partial charge in [0, 0.05) is 13.1 Å². The van der Waals surface area contributed by atoms with Crippen molar-refractivity contribution in [1.29, 1.82) is 0 Å². The summed E-state index contributed by atoms with van der Waals surface area (Å²) in [4.78, 5) is 9.94. The van der Waals surface area contributed by atoms with Crippen LogP contribution in [0.25, 0.3) is 0 Å². The van der Waals surface area contributed by atoms with E-state index in [1.54, 1.807) is 0 Å². The molecule has 2 unspecified atom stereocenters. The third-order valence-electron chi connectivity index (χ3n) is 3.81. The van der Waals surface area contributed by atoms with E-state index in [-0.39, 0.29) is 24.9 Å². The van der Waals surface area contributed by atoms with Crippen LogP contribution in [0.2, 0.25) is 0 Å². The molecule has 1 aliphatic rings. The fourth-order valence-corrected chi connectivity index (χ4v) is 4.03. The van der Waals surface area contributed by atoms with Crippen LogP contribution in [0.5, 0.6) is 0 Å². The van der Waals surface area contributed by atoms with Crippen LogP contribution < -0.4 is 0 Å². The molecule has 1 N–H and O–H groups in total. The van der Waals surface area contributed by atoms with E-state index in [4.69, 9.17) is 5.11 Å². The Morgan fingerprint density at radius 1 is 1.24 bits per heavy atom. The van der Waals surface area contributed by atoms with Crippen molar-refractivity contribution in [3.63, 3.8) is 0 Å². The fraction of sp³-hybridized carbons (Fsp3) is 0.462. The lowest BCUT2D eigenvalue weighted by atomic mass is 10.0. The van der Waals surface area contributed by atoms with Gasteiger partial charge in [-0.2, -0.15) is 4.31 Å². The molecule has 8 heteroatoms. The Labute approximate surface area is 121 Å². The molecule has 0 amide bonds. The number of carbonyl (C=O) groups is 1. The van der Waals surface area contributed by atoms with E-state index in [1.807, 2.05) is 13.8 Å². The minimum atomic E-state index is -4.26. The van der Waals surface area contributed by atoms with Gasteiger partial charge in [-0.3, -0.25) is 0 Å². The third kappa shape index (κ3) is 2.77. The maximum Gasteiger partial charge on any atom is 0.335 e. The van der Waals surface area contributed by atoms with Gasteiger partial charge >= 0.3 is 5.97 Å². The van der Waals surface area contributed by atoms with Crippen molar-refractivity contribution in [2.45, 2.75) is 18.7 Å². The first-order chi connectivity index (χ1) is 9.64. The fourth-order valence-electron chi connectivity index (χ4n) is 2.29. The van der Waals surface area contributed by atoms with Crippen molar-refractivity contribution in [2.24, 2.45) is 11.8 Å². The summed E-state index contributed by atoms with van der Waals surface area (Å²) >= 11 is 0. The average molecular weight is 319 g/mol. The van der Waals surface area contributed by atoms with Crippen LogP contribution in [0.4, 0.5) is 8.78 Å². The van der Waals surface area contributed by atoms with Gasteiger partial charge in [0.05, 0.1) is 5.56 Å². The Morgan fingerprint density at radius 2 is 1.76 bits per heavy atom. The number of hydrogen-bond acceptors (Lipinski definition) is 3. The quantitative estimate of drug-likeness (QED) is 0.924. The summed E-state index contributed by atoms with van der Waals surface area (Å²) in [6.45, 7) is 4.12. The van der Waals surface area contributed by atoms with E-state index in [9.17, 15) is 22.0 Å². The number of halogens is 2. The van der Waals surface area contributed by atoms with Gasteiger partial charge < -0.3 is 5.11 Å². The molecule has 0 aliphatic carbocycles. The first-order valence-corrected chi connectivity index (χ1v) is 7.81. The number of aromatic carboxylic acids is 1. The van der Waals surface area contributed by atoms with Gasteiger partial charge in [-0.05, 0) is 24.0 Å². The summed E-state index contributed by atoms with van der Waals surface area (Å²) in [6.07, 6.45) is 0. The molecule has 21 heavy (non-hydrogen) atoms. The van der Waals surface area contributed by atoms with Crippen molar-refractivity contribution in [3.05, 3.63) is 29.3 Å². The highest BCUT2D eigenvalue weighted by Gasteiger charge is 2.37. The Morgan fingerprint density at radius 3 is 2.24 bits per heavy atom. The molecule has 116 valence electrons. The molecule has 1 aromatic carbocycles. The van der Waals surface area contributed by atoms with Crippen molar-refractivity contribution >= 4 is 16.0 Å². The number of sulfonamides is 1. The number of hydrogen-bond donors (Lipinski definition) is 1. The summed E-state index contributed by atoms with van der Waals surface area (Å²) in [5.74, 6) is -4.37. The zero-order chi connectivity index (χ0) is 15.9. The smallest absolute Gasteiger partial charge is 0.335 e. The van der Waals surface area contributed by atoms with E-state index in [2.05, 4.69) is 0 Å². The standard InChI is InChI=1S/C13H15F2NO4S/c1-7-5-16(6-8(7)2)21(19,20)11-4-9(13(17)18)3-10(14)12(11)15/h3-4,7-8H,5-6H2,1-2H3,(H,17,18). The molecular formula is C13H15F2NO4S. The van der Waals surface area contributed by atoms with Gasteiger partial charge in [0.1, 0.15) is 4.90 Å². The largest absolute Gasteiger partial charge is 0.478 e. The lowest BCUT2D eigenvalue weighted by Gasteiger charge is -2.17. The molecule has 1 aliphatic heterocycles. The highest BCUT2D eigenvalue weighted by molar-refractivity contribution is 7.89. The third-order valence-corrected chi connectivity index (χ3v) is 5.65. The van der Waals surface area contributed by atoms with E-state index in [1.165, 1.54) is 0 Å². The van der Waals surface area contributed by atoms with Gasteiger partial charge in [0.25, 0.3) is 0 Å². The Balaban J connectivity index is 2.52. The minimum absolute atomic E-state index is 0.0929. The normalized spacial score (nSPS) is 23.4. The van der Waals surface area contributed by atoms with E-state index >= 15 is 0 Å². The highest BCUT2D eigenvalue weighted by atomic mass is 32.2. The van der Waals surface area contributed by atoms with Crippen LogP contribution in [0.3, 0.4) is 0 Å². The number of benzene rings is 1. The Bertz CT molecular complexity index is 680. The van der Waals surface area contributed by atoms with Gasteiger partial charge in [0.15, 0.2) is 11.6 Å². The lowest BCUT2D eigenvalue weighted by Crippen LogP contribution is -2.30. The second kappa shape index (κ2) is 5.34. The first kappa shape index (κ1) is 15.8. The number of carboxylic acids is 1. The van der Waals surface area contributed by atoms with Crippen LogP contribution in [0, 0.1) is 23.5 Å². The molecule has 0 saturated carbocycles. The average Bonchev–Trinajstić information content (AvgIpc) is 2.73. The molecule has 2 rings (SSSR count). The summed E-state index contributed by atoms with van der Waals surface area (Å²) in [6, 6.07) is 1.12. The molecule has 1 saturated heterocycles. The van der Waals surface area contributed by atoms with Crippen LogP contribution >= 0.6 is 0 Å². The summed E-state index contributed by atoms with van der Waals surface area (Å²) < 4.78 is 53.1. The highest BCUT2D eigenvalue weighted by Crippen LogP contribution is 2.30. The molecule has 1 aromatic rings. The maximum atomic E-state index is 13.8. The summed E-state index contributed by atoms with van der Waals surface area (Å²) in [7, 11) is -4.26. The zero-order valence-corrected chi connectivity index (χ0v) is 12.3. The van der Waals surface area contributed by atoms with Crippen LogP contribution in [0.1, 0.15) is 24.2 Å². The van der Waals surface area contributed by atoms with Crippen LogP contribution in [0.15, 0.2) is 17.0 Å². The molecule has 1 heterocycles. The summed E-state index contributed by atoms with van der Waals surface area (Å²) in [5, 5.41) is 8.84. The Hall–Kier alpha value is -1.54. The van der Waals surface area contributed by atoms with E-state index < -0.39 is 38.1 Å². The predicted octanol–water partition coefficient (Wildman–Crippen LogP) is 1.94. The zero-order valence-electron chi connectivity index (χ0n) is 11.5. The number of nitrogens with zero attached hydrogens (tertiary/aromatic N) is 1. The predicted molar refractivity (Wildman–Crippen MR) is 70.4 cm³/mol. The molecule has 5 nitrogen and oxygen atoms in total. The van der Waals surface area contributed by atoms with Crippen molar-refractivity contribution in [3.8, 4) is 0 Å². The van der Waals surface area contributed by atoms with E-state index in [0.29, 0.717) is 12.1 Å². The topological polar surface area (TPSA) is 74.7 Å². The number of carboxylic acid groups (broad SMARTS) is 1. The van der Waals surface area contributed by atoms with Crippen molar-refractivity contribution < 1.29 is 27.1 Å². The van der Waals surface area contributed by atoms with Crippen molar-refractivity contribution in [2.75, 3.05) is 13.1 Å².